The Labute approximate surface area is 223 Å². The van der Waals surface area contributed by atoms with Gasteiger partial charge in [-0.1, -0.05) is 60.7 Å². The van der Waals surface area contributed by atoms with Gasteiger partial charge in [0.05, 0.1) is 18.6 Å². The van der Waals surface area contributed by atoms with Crippen molar-refractivity contribution in [3.63, 3.8) is 0 Å². The van der Waals surface area contributed by atoms with Crippen LogP contribution in [0.15, 0.2) is 87.3 Å². The number of nitrogens with zero attached hydrogens (tertiary/aromatic N) is 2. The van der Waals surface area contributed by atoms with E-state index in [0.29, 0.717) is 11.1 Å². The van der Waals surface area contributed by atoms with Crippen LogP contribution in [0.5, 0.6) is 11.6 Å². The second-order valence-electron chi connectivity index (χ2n) is 9.22. The normalized spacial score (nSPS) is 15.4. The van der Waals surface area contributed by atoms with Crippen LogP contribution >= 0.6 is 0 Å². The molecule has 202 valence electrons. The zero-order valence-corrected chi connectivity index (χ0v) is 22.0. The average Bonchev–Trinajstić information content (AvgIpc) is 3.37. The zero-order valence-electron chi connectivity index (χ0n) is 21.2. The number of sulfone groups is 1. The molecule has 1 aromatic heterocycles. The number of ether oxygens (including phenoxy) is 2. The number of hydrogen-bond acceptors (Lipinski definition) is 7. The minimum absolute atomic E-state index is 0.0196. The number of halogens is 1. The fraction of sp³-hybridized carbons (Fsp3) is 0.214. The monoisotopic (exact) mass is 551 g/mol. The molecule has 0 saturated carbocycles. The Morgan fingerprint density at radius 2 is 1.74 bits per heavy atom. The van der Waals surface area contributed by atoms with Crippen molar-refractivity contribution in [1.29, 1.82) is 0 Å². The second kappa shape index (κ2) is 10.2. The van der Waals surface area contributed by atoms with Crippen LogP contribution in [-0.4, -0.2) is 37.5 Å². The van der Waals surface area contributed by atoms with Crippen LogP contribution in [0.3, 0.4) is 0 Å². The van der Waals surface area contributed by atoms with Gasteiger partial charge in [0.2, 0.25) is 5.88 Å². The van der Waals surface area contributed by atoms with Crippen LogP contribution in [-0.2, 0) is 16.4 Å². The van der Waals surface area contributed by atoms with E-state index in [0.717, 1.165) is 10.8 Å². The fourth-order valence-electron chi connectivity index (χ4n) is 4.88. The summed E-state index contributed by atoms with van der Waals surface area (Å²) in [6, 6.07) is 17.9. The van der Waals surface area contributed by atoms with Gasteiger partial charge in [0.25, 0.3) is 5.56 Å². The van der Waals surface area contributed by atoms with Gasteiger partial charge in [-0.05, 0) is 23.3 Å². The largest absolute Gasteiger partial charge is 0.494 e. The lowest BCUT2D eigenvalue weighted by atomic mass is 10.0. The van der Waals surface area contributed by atoms with Crippen LogP contribution in [0.25, 0.3) is 11.1 Å². The maximum absolute atomic E-state index is 15.5. The molecule has 0 amide bonds. The molecule has 0 saturated heterocycles. The molecule has 9 nitrogen and oxygen atoms in total. The average molecular weight is 552 g/mol. The smallest absolute Gasteiger partial charge is 0.334 e. The summed E-state index contributed by atoms with van der Waals surface area (Å²) in [4.78, 5) is 27.8. The van der Waals surface area contributed by atoms with Gasteiger partial charge in [-0.3, -0.25) is 13.9 Å². The van der Waals surface area contributed by atoms with E-state index < -0.39 is 39.0 Å². The number of rotatable bonds is 7. The highest BCUT2D eigenvalue weighted by atomic mass is 32.2. The minimum Gasteiger partial charge on any atom is -0.494 e. The van der Waals surface area contributed by atoms with Gasteiger partial charge in [0.1, 0.15) is 18.2 Å². The highest BCUT2D eigenvalue weighted by Crippen LogP contribution is 2.39. The Morgan fingerprint density at radius 1 is 1.05 bits per heavy atom. The van der Waals surface area contributed by atoms with Crippen molar-refractivity contribution in [3.05, 3.63) is 111 Å². The van der Waals surface area contributed by atoms with Gasteiger partial charge in [0, 0.05) is 17.9 Å². The maximum Gasteiger partial charge on any atom is 0.334 e. The molecule has 0 bridgehead atoms. The van der Waals surface area contributed by atoms with Crippen LogP contribution < -0.4 is 26.5 Å². The van der Waals surface area contributed by atoms with E-state index in [-0.39, 0.29) is 40.8 Å². The summed E-state index contributed by atoms with van der Waals surface area (Å²) in [5, 5.41) is 0. The van der Waals surface area contributed by atoms with Gasteiger partial charge < -0.3 is 15.2 Å². The summed E-state index contributed by atoms with van der Waals surface area (Å²) >= 11 is 0. The lowest BCUT2D eigenvalue weighted by Crippen LogP contribution is -2.43. The standard InChI is InChI=1S/C28H26FN3O6S/c1-37-22-13-8-12-19(25(22)29)24-26(33)31(15-20(30)17-9-4-3-5-10-17)28(34)32-21(16-38-27(24)32)18-11-6-7-14-23(18)39(2,35)36/h3-14,20-21H,15-16,30H2,1-2H3. The minimum atomic E-state index is -3.67. The first-order chi connectivity index (χ1) is 18.6. The van der Waals surface area contributed by atoms with Crippen LogP contribution in [0.4, 0.5) is 4.39 Å². The van der Waals surface area contributed by atoms with Crippen molar-refractivity contribution >= 4 is 9.84 Å². The van der Waals surface area contributed by atoms with Crippen molar-refractivity contribution < 1.29 is 22.3 Å². The molecule has 2 heterocycles. The van der Waals surface area contributed by atoms with Gasteiger partial charge >= 0.3 is 5.69 Å². The number of aromatic nitrogens is 2. The van der Waals surface area contributed by atoms with Crippen molar-refractivity contribution in [2.75, 3.05) is 20.0 Å². The molecular weight excluding hydrogens is 525 g/mol. The summed E-state index contributed by atoms with van der Waals surface area (Å²) in [5.74, 6) is -1.06. The van der Waals surface area contributed by atoms with Crippen molar-refractivity contribution in [2.45, 2.75) is 23.5 Å². The molecular formula is C28H26FN3O6S. The second-order valence-corrected chi connectivity index (χ2v) is 11.2. The first-order valence-electron chi connectivity index (χ1n) is 12.1. The summed E-state index contributed by atoms with van der Waals surface area (Å²) in [5.41, 5.74) is 5.54. The van der Waals surface area contributed by atoms with E-state index in [2.05, 4.69) is 0 Å². The molecule has 0 aliphatic carbocycles. The molecule has 1 aliphatic rings. The van der Waals surface area contributed by atoms with E-state index in [1.54, 1.807) is 42.5 Å². The van der Waals surface area contributed by atoms with Crippen molar-refractivity contribution in [1.82, 2.24) is 9.13 Å². The van der Waals surface area contributed by atoms with Crippen LogP contribution in [0, 0.1) is 5.82 Å². The molecule has 39 heavy (non-hydrogen) atoms. The van der Waals surface area contributed by atoms with Gasteiger partial charge in [-0.2, -0.15) is 0 Å². The molecule has 4 aromatic rings. The van der Waals surface area contributed by atoms with Crippen molar-refractivity contribution in [2.24, 2.45) is 5.73 Å². The predicted octanol–water partition coefficient (Wildman–Crippen LogP) is 2.91. The van der Waals surface area contributed by atoms with E-state index in [1.807, 2.05) is 6.07 Å². The summed E-state index contributed by atoms with van der Waals surface area (Å²) in [6.07, 6.45) is 1.07. The Hall–Kier alpha value is -4.22. The third kappa shape index (κ3) is 4.64. The number of hydrogen-bond donors (Lipinski definition) is 1. The Kier molecular flexibility index (Phi) is 6.87. The van der Waals surface area contributed by atoms with E-state index in [1.165, 1.54) is 35.9 Å². The first-order valence-corrected chi connectivity index (χ1v) is 14.0. The van der Waals surface area contributed by atoms with E-state index >= 15 is 4.39 Å². The highest BCUT2D eigenvalue weighted by Gasteiger charge is 2.36. The highest BCUT2D eigenvalue weighted by molar-refractivity contribution is 7.90. The molecule has 2 N–H and O–H groups in total. The third-order valence-electron chi connectivity index (χ3n) is 6.76. The van der Waals surface area contributed by atoms with Gasteiger partial charge in [-0.15, -0.1) is 0 Å². The van der Waals surface area contributed by atoms with Gasteiger partial charge in [-0.25, -0.2) is 17.6 Å². The van der Waals surface area contributed by atoms with Gasteiger partial charge in [0.15, 0.2) is 21.4 Å². The molecule has 0 spiro atoms. The van der Waals surface area contributed by atoms with Crippen LogP contribution in [0.1, 0.15) is 23.2 Å². The molecule has 2 atom stereocenters. The number of benzene rings is 3. The Morgan fingerprint density at radius 3 is 2.44 bits per heavy atom. The summed E-state index contributed by atoms with van der Waals surface area (Å²) in [6.45, 7) is -0.352. The third-order valence-corrected chi connectivity index (χ3v) is 7.93. The number of nitrogens with two attached hydrogens (primary N) is 1. The quantitative estimate of drug-likeness (QED) is 0.375. The molecule has 1 aliphatic heterocycles. The topological polar surface area (TPSA) is 123 Å². The fourth-order valence-corrected chi connectivity index (χ4v) is 5.84. The molecule has 3 aromatic carbocycles. The summed E-state index contributed by atoms with van der Waals surface area (Å²) in [7, 11) is -2.37. The lowest BCUT2D eigenvalue weighted by Gasteiger charge is -2.20. The molecule has 0 fully saturated rings. The summed E-state index contributed by atoms with van der Waals surface area (Å²) < 4.78 is 53.8. The van der Waals surface area contributed by atoms with E-state index in [9.17, 15) is 18.0 Å². The van der Waals surface area contributed by atoms with Crippen LogP contribution in [0.2, 0.25) is 0 Å². The van der Waals surface area contributed by atoms with Crippen molar-refractivity contribution in [3.8, 4) is 22.8 Å². The molecule has 0 radical (unpaired) electrons. The van der Waals surface area contributed by atoms with E-state index in [4.69, 9.17) is 15.2 Å². The maximum atomic E-state index is 15.5. The molecule has 2 unspecified atom stereocenters. The lowest BCUT2D eigenvalue weighted by molar-refractivity contribution is 0.341. The molecule has 11 heteroatoms. The Balaban J connectivity index is 1.79. The SMILES string of the molecule is COc1cccc(-c2c3n(c(=O)n(CC(N)c4ccccc4)c2=O)C(c2ccccc2S(C)(=O)=O)CO3)c1F. The predicted molar refractivity (Wildman–Crippen MR) is 143 cm³/mol. The number of methoxy groups -OCH3 is 1. The molecule has 5 rings (SSSR count). The zero-order chi connectivity index (χ0) is 27.9. The Bertz CT molecular complexity index is 1780. The number of fused-ring (bicyclic) bond motifs is 1. The first kappa shape index (κ1) is 26.4.